The Morgan fingerprint density at radius 2 is 0.661 bits per heavy atom. The molecule has 8 aromatic rings. The van der Waals surface area contributed by atoms with Crippen LogP contribution in [0.5, 0.6) is 0 Å². The highest BCUT2D eigenvalue weighted by Crippen LogP contribution is 2.53. The van der Waals surface area contributed by atoms with Crippen LogP contribution in [-0.4, -0.2) is 0 Å². The number of para-hydroxylation sites is 3. The molecule has 0 unspecified atom stereocenters. The van der Waals surface area contributed by atoms with Gasteiger partial charge >= 0.3 is 0 Å². The van der Waals surface area contributed by atoms with E-state index in [4.69, 9.17) is 0 Å². The van der Waals surface area contributed by atoms with Gasteiger partial charge in [-0.15, -0.1) is 0 Å². The molecule has 0 bridgehead atoms. The molecule has 0 amide bonds. The fourth-order valence-electron chi connectivity index (χ4n) is 9.56. The molecule has 2 aliphatic carbocycles. The summed E-state index contributed by atoms with van der Waals surface area (Å²) in [6.07, 6.45) is 4.57. The lowest BCUT2D eigenvalue weighted by Crippen LogP contribution is -2.16. The molecule has 2 aliphatic rings. The molecule has 0 saturated carbocycles. The summed E-state index contributed by atoms with van der Waals surface area (Å²) >= 11 is 0. The molecule has 0 radical (unpaired) electrons. The Hall–Kier alpha value is -6.90. The number of fused-ring (bicyclic) bond motifs is 6. The van der Waals surface area contributed by atoms with Crippen molar-refractivity contribution in [2.24, 2.45) is 0 Å². The Bertz CT molecular complexity index is 2850. The van der Waals surface area contributed by atoms with Crippen LogP contribution in [0.2, 0.25) is 0 Å². The predicted octanol–water partition coefficient (Wildman–Crippen LogP) is 15.7. The number of hydrogen-bond donors (Lipinski definition) is 0. The summed E-state index contributed by atoms with van der Waals surface area (Å²) < 4.78 is 0. The number of aryl methyl sites for hydroxylation is 1. The lowest BCUT2D eigenvalue weighted by atomic mass is 9.81. The summed E-state index contributed by atoms with van der Waals surface area (Å²) in [4.78, 5) is 4.73. The van der Waals surface area contributed by atoms with Crippen LogP contribution in [0.25, 0.3) is 34.4 Å². The van der Waals surface area contributed by atoms with E-state index in [-0.39, 0.29) is 10.8 Å². The molecule has 0 fully saturated rings. The molecule has 8 aromatic carbocycles. The van der Waals surface area contributed by atoms with Crippen molar-refractivity contribution < 1.29 is 0 Å². The highest BCUT2D eigenvalue weighted by atomic mass is 15.1. The van der Waals surface area contributed by atoms with Crippen LogP contribution in [0.3, 0.4) is 0 Å². The van der Waals surface area contributed by atoms with Gasteiger partial charge in [-0.05, 0) is 141 Å². The topological polar surface area (TPSA) is 6.48 Å². The van der Waals surface area contributed by atoms with Crippen molar-refractivity contribution in [2.45, 2.75) is 45.4 Å². The van der Waals surface area contributed by atoms with Crippen molar-refractivity contribution in [1.29, 1.82) is 0 Å². The van der Waals surface area contributed by atoms with Crippen LogP contribution >= 0.6 is 0 Å². The van der Waals surface area contributed by atoms with Crippen molar-refractivity contribution in [1.82, 2.24) is 0 Å². The summed E-state index contributed by atoms with van der Waals surface area (Å²) in [6, 6.07) is 68.8. The van der Waals surface area contributed by atoms with Gasteiger partial charge in [-0.1, -0.05) is 155 Å². The third kappa shape index (κ3) is 6.28. The SMILES string of the molecule is Cc1cccc(N(c2ccccc2)c2ccc3c(c2)C(C)(C)c2cc(/C=C/c4ccc5c(c4)C(C)(C)c4cc(N(c6ccccc6)c6ccccc6)ccc4-5)ccc2-3)c1. The second-order valence-electron chi connectivity index (χ2n) is 17.2. The van der Waals surface area contributed by atoms with E-state index < -0.39 is 0 Å². The molecule has 0 atom stereocenters. The Kier molecular flexibility index (Phi) is 8.76. The van der Waals surface area contributed by atoms with Gasteiger partial charge in [0.2, 0.25) is 0 Å². The highest BCUT2D eigenvalue weighted by molar-refractivity contribution is 5.89. The van der Waals surface area contributed by atoms with Crippen LogP contribution in [-0.2, 0) is 10.8 Å². The van der Waals surface area contributed by atoms with Crippen molar-refractivity contribution in [3.05, 3.63) is 227 Å². The zero-order valence-electron chi connectivity index (χ0n) is 34.4. The van der Waals surface area contributed by atoms with Gasteiger partial charge in [0.15, 0.2) is 0 Å². The standard InChI is InChI=1S/C57H48N2/c1-39-16-15-23-45(34-39)59(44-21-13-8-14-22-44)47-29-33-51-49-31-27-41(36-53(49)57(4,5)55(51)38-47)25-24-40-26-30-48-50-32-28-46(37-54(50)56(2,3)52(48)35-40)58(42-17-9-6-10-18-42)43-19-11-7-12-20-43/h6-38H,1-5H3/b25-24+. The minimum absolute atomic E-state index is 0.152. The van der Waals surface area contributed by atoms with Gasteiger partial charge in [-0.3, -0.25) is 0 Å². The number of benzene rings is 8. The second-order valence-corrected chi connectivity index (χ2v) is 17.2. The van der Waals surface area contributed by atoms with Gasteiger partial charge in [0.25, 0.3) is 0 Å². The molecule has 2 nitrogen and oxygen atoms in total. The molecule has 0 N–H and O–H groups in total. The zero-order chi connectivity index (χ0) is 40.3. The normalized spacial score (nSPS) is 14.1. The van der Waals surface area contributed by atoms with Gasteiger partial charge in [-0.2, -0.15) is 0 Å². The van der Waals surface area contributed by atoms with Crippen LogP contribution in [0, 0.1) is 6.92 Å². The monoisotopic (exact) mass is 760 g/mol. The largest absolute Gasteiger partial charge is 0.310 e. The number of anilines is 6. The first-order valence-corrected chi connectivity index (χ1v) is 20.8. The summed E-state index contributed by atoms with van der Waals surface area (Å²) in [6.45, 7) is 11.7. The van der Waals surface area contributed by atoms with E-state index in [0.29, 0.717) is 0 Å². The van der Waals surface area contributed by atoms with Crippen LogP contribution in [0.1, 0.15) is 66.6 Å². The van der Waals surface area contributed by atoms with E-state index in [1.165, 1.54) is 78.3 Å². The van der Waals surface area contributed by atoms with Gasteiger partial charge in [0.1, 0.15) is 0 Å². The summed E-state index contributed by atoms with van der Waals surface area (Å²) in [5.41, 5.74) is 21.1. The quantitative estimate of drug-likeness (QED) is 0.142. The van der Waals surface area contributed by atoms with E-state index in [1.807, 2.05) is 0 Å². The van der Waals surface area contributed by atoms with Gasteiger partial charge in [-0.25, -0.2) is 0 Å². The Balaban J connectivity index is 0.943. The third-order valence-electron chi connectivity index (χ3n) is 12.7. The molecular weight excluding hydrogens is 713 g/mol. The fraction of sp³-hybridized carbons (Fsp3) is 0.123. The Morgan fingerprint density at radius 1 is 0.322 bits per heavy atom. The predicted molar refractivity (Wildman–Crippen MR) is 251 cm³/mol. The molecule has 0 heterocycles. The van der Waals surface area contributed by atoms with E-state index in [1.54, 1.807) is 0 Å². The minimum Gasteiger partial charge on any atom is -0.310 e. The first-order chi connectivity index (χ1) is 28.7. The first kappa shape index (κ1) is 36.4. The summed E-state index contributed by atoms with van der Waals surface area (Å²) in [5.74, 6) is 0. The van der Waals surface area contributed by atoms with E-state index in [9.17, 15) is 0 Å². The first-order valence-electron chi connectivity index (χ1n) is 20.8. The van der Waals surface area contributed by atoms with Crippen molar-refractivity contribution >= 4 is 46.3 Å². The fourth-order valence-corrected chi connectivity index (χ4v) is 9.56. The zero-order valence-corrected chi connectivity index (χ0v) is 34.4. The number of hydrogen-bond acceptors (Lipinski definition) is 2. The molecule has 0 aromatic heterocycles. The van der Waals surface area contributed by atoms with E-state index >= 15 is 0 Å². The van der Waals surface area contributed by atoms with Crippen molar-refractivity contribution in [3.63, 3.8) is 0 Å². The van der Waals surface area contributed by atoms with Crippen LogP contribution in [0.4, 0.5) is 34.1 Å². The number of nitrogens with zero attached hydrogens (tertiary/aromatic N) is 2. The summed E-state index contributed by atoms with van der Waals surface area (Å²) in [5, 5.41) is 0. The van der Waals surface area contributed by atoms with E-state index in [0.717, 1.165) is 17.1 Å². The molecule has 286 valence electrons. The van der Waals surface area contributed by atoms with Crippen molar-refractivity contribution in [2.75, 3.05) is 9.80 Å². The molecular formula is C57H48N2. The molecule has 0 aliphatic heterocycles. The maximum Gasteiger partial charge on any atom is 0.0465 e. The van der Waals surface area contributed by atoms with Gasteiger partial charge in [0.05, 0.1) is 0 Å². The Morgan fingerprint density at radius 3 is 1.07 bits per heavy atom. The minimum atomic E-state index is -0.154. The molecule has 59 heavy (non-hydrogen) atoms. The molecule has 0 saturated heterocycles. The molecule has 2 heteroatoms. The second kappa shape index (κ2) is 14.2. The maximum absolute atomic E-state index is 2.41. The average molecular weight is 761 g/mol. The van der Waals surface area contributed by atoms with Gasteiger partial charge in [0, 0.05) is 45.0 Å². The van der Waals surface area contributed by atoms with E-state index in [2.05, 4.69) is 245 Å². The van der Waals surface area contributed by atoms with Crippen LogP contribution in [0.15, 0.2) is 188 Å². The number of rotatable bonds is 8. The Labute approximate surface area is 349 Å². The lowest BCUT2D eigenvalue weighted by molar-refractivity contribution is 0.660. The van der Waals surface area contributed by atoms with Crippen molar-refractivity contribution in [3.8, 4) is 22.3 Å². The van der Waals surface area contributed by atoms with Gasteiger partial charge < -0.3 is 9.80 Å². The molecule has 10 rings (SSSR count). The molecule has 0 spiro atoms. The lowest BCUT2D eigenvalue weighted by Gasteiger charge is -2.28. The smallest absolute Gasteiger partial charge is 0.0465 e. The average Bonchev–Trinajstić information content (AvgIpc) is 3.62. The van der Waals surface area contributed by atoms with Crippen LogP contribution < -0.4 is 9.80 Å². The summed E-state index contributed by atoms with van der Waals surface area (Å²) in [7, 11) is 0. The highest BCUT2D eigenvalue weighted by Gasteiger charge is 2.37. The maximum atomic E-state index is 2.41. The third-order valence-corrected chi connectivity index (χ3v) is 12.7.